The average Bonchev–Trinajstić information content (AvgIpc) is 3.17. The molecule has 0 radical (unpaired) electrons. The van der Waals surface area contributed by atoms with Crippen molar-refractivity contribution in [3.63, 3.8) is 0 Å². The van der Waals surface area contributed by atoms with Crippen LogP contribution in [0, 0.1) is 0 Å². The first kappa shape index (κ1) is 19.9. The number of aryl methyl sites for hydroxylation is 1. The highest BCUT2D eigenvalue weighted by Gasteiger charge is 2.31. The standard InChI is InChI=1S/C20H22ClNO4S/c1-25-17-11-14(19-22-16(12-27-19)20(23)24)10-15(21)18(17)26-9-5-8-13-6-3-2-4-7-13/h2-4,6-7,10-11,16,19,22H,5,8-9,12H2,1H3,(H,23,24). The van der Waals surface area contributed by atoms with Gasteiger partial charge in [0.25, 0.3) is 0 Å². The van der Waals surface area contributed by atoms with Gasteiger partial charge in [-0.15, -0.1) is 11.8 Å². The van der Waals surface area contributed by atoms with Gasteiger partial charge in [-0.05, 0) is 36.1 Å². The van der Waals surface area contributed by atoms with Crippen molar-refractivity contribution in [1.29, 1.82) is 0 Å². The largest absolute Gasteiger partial charge is 0.493 e. The molecule has 27 heavy (non-hydrogen) atoms. The molecule has 0 aliphatic carbocycles. The number of rotatable bonds is 8. The zero-order valence-electron chi connectivity index (χ0n) is 15.0. The first-order valence-corrected chi connectivity index (χ1v) is 10.2. The van der Waals surface area contributed by atoms with Crippen molar-refractivity contribution in [2.45, 2.75) is 24.3 Å². The van der Waals surface area contributed by atoms with Crippen LogP contribution in [0.4, 0.5) is 0 Å². The van der Waals surface area contributed by atoms with Crippen molar-refractivity contribution < 1.29 is 19.4 Å². The minimum absolute atomic E-state index is 0.135. The molecule has 0 spiro atoms. The van der Waals surface area contributed by atoms with Gasteiger partial charge in [0, 0.05) is 5.75 Å². The third-order valence-corrected chi connectivity index (χ3v) is 5.88. The molecule has 2 unspecified atom stereocenters. The van der Waals surface area contributed by atoms with E-state index in [0.29, 0.717) is 28.9 Å². The molecule has 2 atom stereocenters. The van der Waals surface area contributed by atoms with Crippen LogP contribution in [0.5, 0.6) is 11.5 Å². The van der Waals surface area contributed by atoms with Crippen molar-refractivity contribution in [1.82, 2.24) is 5.32 Å². The molecule has 1 heterocycles. The van der Waals surface area contributed by atoms with Crippen LogP contribution in [-0.2, 0) is 11.2 Å². The molecule has 0 amide bonds. The van der Waals surface area contributed by atoms with Crippen LogP contribution < -0.4 is 14.8 Å². The highest BCUT2D eigenvalue weighted by molar-refractivity contribution is 7.99. The van der Waals surface area contributed by atoms with Gasteiger partial charge in [-0.1, -0.05) is 41.9 Å². The number of thioether (sulfide) groups is 1. The number of ether oxygens (including phenoxy) is 2. The van der Waals surface area contributed by atoms with E-state index in [-0.39, 0.29) is 5.37 Å². The van der Waals surface area contributed by atoms with E-state index < -0.39 is 12.0 Å². The summed E-state index contributed by atoms with van der Waals surface area (Å²) in [6.07, 6.45) is 1.80. The molecule has 3 rings (SSSR count). The zero-order valence-corrected chi connectivity index (χ0v) is 16.6. The van der Waals surface area contributed by atoms with Gasteiger partial charge >= 0.3 is 5.97 Å². The zero-order chi connectivity index (χ0) is 19.2. The van der Waals surface area contributed by atoms with Crippen LogP contribution in [0.3, 0.4) is 0 Å². The van der Waals surface area contributed by atoms with Gasteiger partial charge in [0.2, 0.25) is 0 Å². The van der Waals surface area contributed by atoms with Crippen LogP contribution in [0.15, 0.2) is 42.5 Å². The molecule has 1 saturated heterocycles. The van der Waals surface area contributed by atoms with Crippen LogP contribution in [0.2, 0.25) is 5.02 Å². The van der Waals surface area contributed by atoms with Crippen LogP contribution >= 0.6 is 23.4 Å². The van der Waals surface area contributed by atoms with Gasteiger partial charge in [0.15, 0.2) is 11.5 Å². The number of benzene rings is 2. The number of hydrogen-bond donors (Lipinski definition) is 2. The molecule has 0 aromatic heterocycles. The van der Waals surface area contributed by atoms with Gasteiger partial charge in [0.1, 0.15) is 6.04 Å². The summed E-state index contributed by atoms with van der Waals surface area (Å²) < 4.78 is 11.3. The number of halogens is 1. The van der Waals surface area contributed by atoms with Crippen LogP contribution in [-0.4, -0.2) is 36.6 Å². The lowest BCUT2D eigenvalue weighted by atomic mass is 10.1. The van der Waals surface area contributed by atoms with E-state index in [2.05, 4.69) is 17.4 Å². The molecule has 7 heteroatoms. The minimum Gasteiger partial charge on any atom is -0.493 e. The lowest BCUT2D eigenvalue weighted by molar-refractivity contribution is -0.138. The Morgan fingerprint density at radius 1 is 1.33 bits per heavy atom. The number of aliphatic carboxylic acids is 1. The van der Waals surface area contributed by atoms with Crippen LogP contribution in [0.1, 0.15) is 22.9 Å². The molecule has 0 bridgehead atoms. The molecule has 144 valence electrons. The van der Waals surface area contributed by atoms with Crippen molar-refractivity contribution in [3.8, 4) is 11.5 Å². The Hall–Kier alpha value is -1.89. The molecule has 2 N–H and O–H groups in total. The monoisotopic (exact) mass is 407 g/mol. The number of hydrogen-bond acceptors (Lipinski definition) is 5. The molecular weight excluding hydrogens is 386 g/mol. The number of methoxy groups -OCH3 is 1. The lowest BCUT2D eigenvalue weighted by Crippen LogP contribution is -2.33. The molecular formula is C20H22ClNO4S. The molecule has 2 aromatic carbocycles. The molecule has 1 aliphatic rings. The topological polar surface area (TPSA) is 67.8 Å². The smallest absolute Gasteiger partial charge is 0.321 e. The summed E-state index contributed by atoms with van der Waals surface area (Å²) in [5.74, 6) is 0.742. The van der Waals surface area contributed by atoms with Crippen LogP contribution in [0.25, 0.3) is 0 Å². The fourth-order valence-corrected chi connectivity index (χ4v) is 4.42. The highest BCUT2D eigenvalue weighted by atomic mass is 35.5. The molecule has 1 fully saturated rings. The third-order valence-electron chi connectivity index (χ3n) is 4.33. The van der Waals surface area contributed by atoms with Gasteiger partial charge in [-0.3, -0.25) is 10.1 Å². The van der Waals surface area contributed by atoms with E-state index in [0.717, 1.165) is 18.4 Å². The molecule has 1 aliphatic heterocycles. The SMILES string of the molecule is COc1cc(C2NC(C(=O)O)CS2)cc(Cl)c1OCCCc1ccccc1. The summed E-state index contributed by atoms with van der Waals surface area (Å²) in [5, 5.41) is 12.5. The normalized spacial score (nSPS) is 19.0. The van der Waals surface area contributed by atoms with Crippen molar-refractivity contribution in [2.24, 2.45) is 0 Å². The van der Waals surface area contributed by atoms with E-state index in [1.54, 1.807) is 7.11 Å². The second-order valence-electron chi connectivity index (χ2n) is 6.24. The van der Waals surface area contributed by atoms with Gasteiger partial charge < -0.3 is 14.6 Å². The number of nitrogens with one attached hydrogen (secondary N) is 1. The predicted molar refractivity (Wildman–Crippen MR) is 108 cm³/mol. The highest BCUT2D eigenvalue weighted by Crippen LogP contribution is 2.42. The van der Waals surface area contributed by atoms with E-state index >= 15 is 0 Å². The maximum Gasteiger partial charge on any atom is 0.321 e. The Balaban J connectivity index is 1.63. The Morgan fingerprint density at radius 2 is 2.11 bits per heavy atom. The van der Waals surface area contributed by atoms with Crippen molar-refractivity contribution in [2.75, 3.05) is 19.5 Å². The van der Waals surface area contributed by atoms with Gasteiger partial charge in [-0.2, -0.15) is 0 Å². The van der Waals surface area contributed by atoms with E-state index in [1.807, 2.05) is 30.3 Å². The average molecular weight is 408 g/mol. The Bertz CT molecular complexity index is 787. The number of carboxylic acid groups (broad SMARTS) is 1. The number of carbonyl (C=O) groups is 1. The summed E-state index contributed by atoms with van der Waals surface area (Å²) in [6, 6.07) is 13.4. The fraction of sp³-hybridized carbons (Fsp3) is 0.350. The Labute approximate surface area is 168 Å². The lowest BCUT2D eigenvalue weighted by Gasteiger charge is -2.17. The first-order chi connectivity index (χ1) is 13.1. The fourth-order valence-electron chi connectivity index (χ4n) is 2.93. The summed E-state index contributed by atoms with van der Waals surface area (Å²) in [4.78, 5) is 11.1. The predicted octanol–water partition coefficient (Wildman–Crippen LogP) is 4.15. The van der Waals surface area contributed by atoms with Crippen molar-refractivity contribution >= 4 is 29.3 Å². The Morgan fingerprint density at radius 3 is 2.78 bits per heavy atom. The first-order valence-electron chi connectivity index (χ1n) is 8.73. The summed E-state index contributed by atoms with van der Waals surface area (Å²) in [5.41, 5.74) is 2.15. The van der Waals surface area contributed by atoms with E-state index in [4.69, 9.17) is 26.2 Å². The second-order valence-corrected chi connectivity index (χ2v) is 7.79. The summed E-state index contributed by atoms with van der Waals surface area (Å²) in [7, 11) is 1.57. The van der Waals surface area contributed by atoms with E-state index in [9.17, 15) is 4.79 Å². The minimum atomic E-state index is -0.846. The second kappa shape index (κ2) is 9.35. The molecule has 5 nitrogen and oxygen atoms in total. The number of carboxylic acids is 1. The molecule has 2 aromatic rings. The van der Waals surface area contributed by atoms with E-state index in [1.165, 1.54) is 17.3 Å². The van der Waals surface area contributed by atoms with Gasteiger partial charge in [0.05, 0.1) is 24.1 Å². The Kier molecular flexibility index (Phi) is 6.88. The maximum absolute atomic E-state index is 11.1. The summed E-state index contributed by atoms with van der Waals surface area (Å²) in [6.45, 7) is 0.530. The maximum atomic E-state index is 11.1. The third kappa shape index (κ3) is 5.09. The van der Waals surface area contributed by atoms with Gasteiger partial charge in [-0.25, -0.2) is 0 Å². The summed E-state index contributed by atoms with van der Waals surface area (Å²) >= 11 is 7.97. The molecule has 0 saturated carbocycles. The van der Waals surface area contributed by atoms with Crippen molar-refractivity contribution in [3.05, 3.63) is 58.6 Å². The quantitative estimate of drug-likeness (QED) is 0.641.